The predicted octanol–water partition coefficient (Wildman–Crippen LogP) is -3.25. The van der Waals surface area contributed by atoms with Crippen LogP contribution in [0.1, 0.15) is 44.4 Å². The fourth-order valence-corrected chi connectivity index (χ4v) is 12.3. The molecule has 5 heteroatoms. The van der Waals surface area contributed by atoms with Crippen LogP contribution in [0.5, 0.6) is 0 Å². The van der Waals surface area contributed by atoms with Crippen LogP contribution in [0.4, 0.5) is 0 Å². The molecule has 0 saturated carbocycles. The van der Waals surface area contributed by atoms with E-state index in [1.807, 2.05) is 0 Å². The van der Waals surface area contributed by atoms with Crippen LogP contribution in [0.15, 0.2) is 63.1 Å². The van der Waals surface area contributed by atoms with Gasteiger partial charge in [0.25, 0.3) is 0 Å². The number of hydrogen-bond acceptors (Lipinski definition) is 0. The Morgan fingerprint density at radius 1 is 0.767 bits per heavy atom. The zero-order valence-electron chi connectivity index (χ0n) is 19.2. The van der Waals surface area contributed by atoms with Crippen molar-refractivity contribution in [1.29, 1.82) is 0 Å². The number of halogens is 3. The van der Waals surface area contributed by atoms with Crippen molar-refractivity contribution in [3.8, 4) is 0 Å². The minimum Gasteiger partial charge on any atom is -1.00 e. The Kier molecular flexibility index (Phi) is 10.5. The molecule has 0 heterocycles. The standard InChI is InChI=1S/C25H31Si.3ClH.Ti/c1-17-13-18(2)15-23(14-17)26(8,24-12-10-9-11-19(24)3)25(7)16-20(4)21(5)22(25)6;;;;/h9-15H,1-8H3;3*1H;/q;;;;+3/p-3. The third-order valence-corrected chi connectivity index (χ3v) is 14.7. The van der Waals surface area contributed by atoms with Gasteiger partial charge in [0.15, 0.2) is 0 Å². The number of allylic oxidation sites excluding steroid dienone is 4. The Labute approximate surface area is 214 Å². The van der Waals surface area contributed by atoms with Crippen molar-refractivity contribution in [2.75, 3.05) is 0 Å². The summed E-state index contributed by atoms with van der Waals surface area (Å²) in [4.78, 5) is 0. The molecule has 0 fully saturated rings. The molecule has 0 N–H and O–H groups in total. The molecule has 2 unspecified atom stereocenters. The van der Waals surface area contributed by atoms with E-state index >= 15 is 0 Å². The van der Waals surface area contributed by atoms with Crippen molar-refractivity contribution in [2.45, 2.75) is 60.1 Å². The Morgan fingerprint density at radius 2 is 1.27 bits per heavy atom. The molecular weight excluding hydrogens is 483 g/mol. The number of hydrogen-bond donors (Lipinski definition) is 0. The number of benzene rings is 2. The van der Waals surface area contributed by atoms with Gasteiger partial charge < -0.3 is 37.2 Å². The summed E-state index contributed by atoms with van der Waals surface area (Å²) in [6.07, 6.45) is 0. The molecule has 2 atom stereocenters. The number of rotatable bonds is 3. The van der Waals surface area contributed by atoms with Gasteiger partial charge in [-0.3, -0.25) is 0 Å². The minimum absolute atomic E-state index is 0. The van der Waals surface area contributed by atoms with Crippen LogP contribution in [-0.4, -0.2) is 8.07 Å². The molecular formula is C25H31Cl3SiTi. The summed E-state index contributed by atoms with van der Waals surface area (Å²) in [6.45, 7) is 18.9. The topological polar surface area (TPSA) is 0 Å². The monoisotopic (exact) mass is 512 g/mol. The SMILES string of the molecule is CC1=C(C)C(C)([Si](C)(c2cc(C)cc(C)c2)c2ccccc2C)[C]([Ti+3])=C1C.[Cl-].[Cl-].[Cl-]. The van der Waals surface area contributed by atoms with Gasteiger partial charge in [0.1, 0.15) is 0 Å². The molecule has 3 rings (SSSR count). The molecule has 0 aromatic heterocycles. The summed E-state index contributed by atoms with van der Waals surface area (Å²) < 4.78 is 1.56. The van der Waals surface area contributed by atoms with Crippen LogP contribution >= 0.6 is 0 Å². The van der Waals surface area contributed by atoms with Crippen LogP contribution < -0.4 is 47.6 Å². The predicted molar refractivity (Wildman–Crippen MR) is 117 cm³/mol. The van der Waals surface area contributed by atoms with Crippen LogP contribution in [0.3, 0.4) is 0 Å². The van der Waals surface area contributed by atoms with E-state index in [0.29, 0.717) is 0 Å². The molecule has 0 radical (unpaired) electrons. The second-order valence-electron chi connectivity index (χ2n) is 8.69. The van der Waals surface area contributed by atoms with Crippen molar-refractivity contribution < 1.29 is 57.7 Å². The van der Waals surface area contributed by atoms with Gasteiger partial charge in [-0.1, -0.05) is 0 Å². The third-order valence-electron chi connectivity index (χ3n) is 7.23. The fourth-order valence-electron chi connectivity index (χ4n) is 5.14. The van der Waals surface area contributed by atoms with Gasteiger partial charge in [0, 0.05) is 0 Å². The van der Waals surface area contributed by atoms with E-state index in [2.05, 4.69) is 118 Å². The molecule has 1 aliphatic rings. The van der Waals surface area contributed by atoms with Crippen molar-refractivity contribution >= 4 is 18.4 Å². The number of aryl methyl sites for hydroxylation is 3. The average Bonchev–Trinajstić information content (AvgIpc) is 2.77. The van der Waals surface area contributed by atoms with Gasteiger partial charge in [0.2, 0.25) is 0 Å². The zero-order chi connectivity index (χ0) is 20.1. The molecule has 160 valence electrons. The summed E-state index contributed by atoms with van der Waals surface area (Å²) in [5.41, 5.74) is 8.72. The first-order chi connectivity index (χ1) is 12.5. The van der Waals surface area contributed by atoms with Crippen LogP contribution in [0.25, 0.3) is 0 Å². The maximum absolute atomic E-state index is 2.60. The summed E-state index contributed by atoms with van der Waals surface area (Å²) in [7, 11) is -2.13. The van der Waals surface area contributed by atoms with Crippen LogP contribution in [-0.2, 0) is 20.4 Å². The van der Waals surface area contributed by atoms with E-state index in [1.165, 1.54) is 27.8 Å². The van der Waals surface area contributed by atoms with E-state index in [0.717, 1.165) is 0 Å². The molecule has 0 spiro atoms. The summed E-state index contributed by atoms with van der Waals surface area (Å²) in [5, 5.41) is 3.21. The Morgan fingerprint density at radius 3 is 1.70 bits per heavy atom. The van der Waals surface area contributed by atoms with Gasteiger partial charge in [0.05, 0.1) is 0 Å². The largest absolute Gasteiger partial charge is 1.00 e. The van der Waals surface area contributed by atoms with E-state index in [4.69, 9.17) is 0 Å². The Bertz CT molecular complexity index is 949. The van der Waals surface area contributed by atoms with E-state index < -0.39 is 8.07 Å². The van der Waals surface area contributed by atoms with Crippen LogP contribution in [0.2, 0.25) is 11.6 Å². The third kappa shape index (κ3) is 4.32. The van der Waals surface area contributed by atoms with E-state index in [9.17, 15) is 0 Å². The van der Waals surface area contributed by atoms with E-state index in [-0.39, 0.29) is 42.3 Å². The molecule has 2 aromatic carbocycles. The van der Waals surface area contributed by atoms with Crippen molar-refractivity contribution in [2.24, 2.45) is 0 Å². The molecule has 2 aromatic rings. The normalized spacial score (nSPS) is 20.2. The zero-order valence-corrected chi connectivity index (χ0v) is 24.0. The minimum atomic E-state index is -2.13. The second-order valence-corrected chi connectivity index (χ2v) is 13.8. The Balaban J connectivity index is 0.00000280. The van der Waals surface area contributed by atoms with Gasteiger partial charge in [-0.25, -0.2) is 0 Å². The summed E-state index contributed by atoms with van der Waals surface area (Å²) in [6, 6.07) is 16.3. The second kappa shape index (κ2) is 10.6. The molecule has 0 nitrogen and oxygen atoms in total. The molecule has 30 heavy (non-hydrogen) atoms. The maximum Gasteiger partial charge on any atom is -1.00 e. The molecule has 0 amide bonds. The quantitative estimate of drug-likeness (QED) is 0.379. The van der Waals surface area contributed by atoms with Crippen molar-refractivity contribution in [1.82, 2.24) is 0 Å². The van der Waals surface area contributed by atoms with Crippen molar-refractivity contribution in [3.63, 3.8) is 0 Å². The first-order valence-electron chi connectivity index (χ1n) is 9.81. The molecule has 0 aliphatic heterocycles. The summed E-state index contributed by atoms with van der Waals surface area (Å²) in [5.74, 6) is 0. The first-order valence-corrected chi connectivity index (χ1v) is 13.1. The maximum atomic E-state index is 2.60. The summed E-state index contributed by atoms with van der Waals surface area (Å²) >= 11 is 2.38. The van der Waals surface area contributed by atoms with Gasteiger partial charge in [-0.05, 0) is 0 Å². The molecule has 1 aliphatic carbocycles. The Hall–Kier alpha value is -0.279. The smallest absolute Gasteiger partial charge is 1.00 e. The van der Waals surface area contributed by atoms with E-state index in [1.54, 1.807) is 19.8 Å². The van der Waals surface area contributed by atoms with Crippen LogP contribution in [0, 0.1) is 20.8 Å². The van der Waals surface area contributed by atoms with Gasteiger partial charge in [-0.15, -0.1) is 0 Å². The molecule has 0 saturated heterocycles. The first kappa shape index (κ1) is 29.7. The molecule has 0 bridgehead atoms. The van der Waals surface area contributed by atoms with Crippen molar-refractivity contribution in [3.05, 3.63) is 79.8 Å². The van der Waals surface area contributed by atoms with Gasteiger partial charge in [-0.2, -0.15) is 0 Å². The van der Waals surface area contributed by atoms with Gasteiger partial charge >= 0.3 is 179 Å². The average molecular weight is 514 g/mol. The fraction of sp³-hybridized carbons (Fsp3) is 0.360.